The van der Waals surface area contributed by atoms with E-state index in [0.717, 1.165) is 0 Å². The van der Waals surface area contributed by atoms with Crippen LogP contribution in [0.2, 0.25) is 5.02 Å². The maximum atomic E-state index is 11.7. The fourth-order valence-electron chi connectivity index (χ4n) is 1.55. The van der Waals surface area contributed by atoms with Crippen molar-refractivity contribution in [3.8, 4) is 0 Å². The maximum Gasteiger partial charge on any atom is 0.450 e. The molecule has 118 valence electrons. The normalized spacial score (nSPS) is 14.9. The molecule has 0 aromatic heterocycles. The summed E-state index contributed by atoms with van der Waals surface area (Å²) in [6, 6.07) is 2.50. The molecule has 0 saturated carbocycles. The Kier molecular flexibility index (Phi) is 5.05. The summed E-state index contributed by atoms with van der Waals surface area (Å²) in [6.45, 7) is 3.66. The van der Waals surface area contributed by atoms with Crippen molar-refractivity contribution in [2.75, 3.05) is 0 Å². The Morgan fingerprint density at radius 2 is 2.18 bits per heavy atom. The number of hydrogen-bond acceptors (Lipinski definition) is 8. The Bertz CT molecular complexity index is 792. The van der Waals surface area contributed by atoms with Crippen LogP contribution in [0, 0.1) is 10.1 Å². The van der Waals surface area contributed by atoms with Crippen molar-refractivity contribution < 1.29 is 12.7 Å². The molecule has 1 aromatic carbocycles. The number of sulfonamides is 1. The third-order valence-electron chi connectivity index (χ3n) is 2.51. The lowest BCUT2D eigenvalue weighted by atomic mass is 10.3. The summed E-state index contributed by atoms with van der Waals surface area (Å²) in [5.41, 5.74) is 0.479. The molecule has 0 radical (unpaired) electrons. The first-order chi connectivity index (χ1) is 10.3. The zero-order valence-corrected chi connectivity index (χ0v) is 14.6. The number of halogens is 1. The van der Waals surface area contributed by atoms with E-state index < -0.39 is 19.2 Å². The first-order valence-electron chi connectivity index (χ1n) is 5.82. The van der Waals surface area contributed by atoms with Gasteiger partial charge in [-0.3, -0.25) is 0 Å². The van der Waals surface area contributed by atoms with Gasteiger partial charge >= 0.3 is 10.0 Å². The zero-order chi connectivity index (χ0) is 16.5. The Labute approximate surface area is 140 Å². The van der Waals surface area contributed by atoms with Crippen molar-refractivity contribution in [1.82, 2.24) is 3.71 Å². The fourth-order valence-corrected chi connectivity index (χ4v) is 4.51. The van der Waals surface area contributed by atoms with Gasteiger partial charge in [-0.1, -0.05) is 17.7 Å². The standard InChI is InChI=1S/C11H10ClN3O4S3/c1-3-4-20-14-7(2)13-9-5-8(12)11(6-10(9)21-14)22(18,19)15(16)17/h3-6H,1-2H3/b4-3+. The Balaban J connectivity index is 2.51. The molecule has 1 aromatic rings. The van der Waals surface area contributed by atoms with Crippen molar-refractivity contribution in [2.45, 2.75) is 23.6 Å². The van der Waals surface area contributed by atoms with Crippen LogP contribution < -0.4 is 0 Å². The molecule has 0 atom stereocenters. The second kappa shape index (κ2) is 6.49. The highest BCUT2D eigenvalue weighted by Gasteiger charge is 2.32. The molecule has 11 heteroatoms. The SMILES string of the molecule is C/C=C/SN1Sc2cc(S(=O)(=O)[N+](=O)[O-])c(Cl)cc2N=C1C. The molecule has 7 nitrogen and oxygen atoms in total. The molecule has 0 N–H and O–H groups in total. The highest BCUT2D eigenvalue weighted by Crippen LogP contribution is 2.44. The van der Waals surface area contributed by atoms with Gasteiger partial charge in [0.05, 0.1) is 15.6 Å². The number of hydrogen-bond donors (Lipinski definition) is 0. The summed E-state index contributed by atoms with van der Waals surface area (Å²) in [5.74, 6) is 0.696. The van der Waals surface area contributed by atoms with Crippen LogP contribution in [0.1, 0.15) is 13.8 Å². The Morgan fingerprint density at radius 3 is 2.77 bits per heavy atom. The lowest BCUT2D eigenvalue weighted by Gasteiger charge is -2.24. The van der Waals surface area contributed by atoms with Gasteiger partial charge in [-0.2, -0.15) is 8.42 Å². The minimum Gasteiger partial charge on any atom is -0.247 e. The quantitative estimate of drug-likeness (QED) is 0.445. The van der Waals surface area contributed by atoms with Crippen molar-refractivity contribution in [3.63, 3.8) is 0 Å². The van der Waals surface area contributed by atoms with Gasteiger partial charge in [-0.25, -0.2) is 18.8 Å². The highest BCUT2D eigenvalue weighted by molar-refractivity contribution is 8.14. The third-order valence-corrected chi connectivity index (χ3v) is 6.50. The van der Waals surface area contributed by atoms with E-state index in [-0.39, 0.29) is 5.02 Å². The number of nitro groups is 1. The molecule has 2 rings (SSSR count). The molecule has 0 spiro atoms. The van der Waals surface area contributed by atoms with Gasteiger partial charge in [-0.05, 0) is 43.3 Å². The highest BCUT2D eigenvalue weighted by atomic mass is 35.5. The molecular formula is C11H10ClN3O4S3. The van der Waals surface area contributed by atoms with Gasteiger partial charge < -0.3 is 0 Å². The molecule has 0 aliphatic carbocycles. The van der Waals surface area contributed by atoms with Gasteiger partial charge in [-0.15, -0.1) is 0 Å². The lowest BCUT2D eigenvalue weighted by molar-refractivity contribution is -0.305. The molecule has 1 aliphatic heterocycles. The van der Waals surface area contributed by atoms with Gasteiger partial charge in [0.15, 0.2) is 9.22 Å². The first-order valence-corrected chi connectivity index (χ1v) is 9.24. The van der Waals surface area contributed by atoms with Crippen LogP contribution in [-0.4, -0.2) is 22.3 Å². The van der Waals surface area contributed by atoms with E-state index in [2.05, 4.69) is 4.99 Å². The first kappa shape index (κ1) is 17.1. The number of allylic oxidation sites excluding steroid dienone is 1. The van der Waals surface area contributed by atoms with Crippen molar-refractivity contribution in [1.29, 1.82) is 0 Å². The fraction of sp³-hybridized carbons (Fsp3) is 0.182. The van der Waals surface area contributed by atoms with Crippen LogP contribution in [0.25, 0.3) is 0 Å². The average molecular weight is 380 g/mol. The van der Waals surface area contributed by atoms with E-state index in [1.165, 1.54) is 36.0 Å². The minimum absolute atomic E-state index is 0.220. The molecule has 1 heterocycles. The monoisotopic (exact) mass is 379 g/mol. The van der Waals surface area contributed by atoms with Crippen LogP contribution in [-0.2, 0) is 10.0 Å². The number of benzene rings is 1. The number of rotatable bonds is 4. The number of fused-ring (bicyclic) bond motifs is 1. The summed E-state index contributed by atoms with van der Waals surface area (Å²) in [7, 11) is -4.70. The van der Waals surface area contributed by atoms with E-state index in [1.807, 2.05) is 18.4 Å². The van der Waals surface area contributed by atoms with Crippen LogP contribution in [0.5, 0.6) is 0 Å². The van der Waals surface area contributed by atoms with E-state index in [4.69, 9.17) is 11.6 Å². The van der Waals surface area contributed by atoms with Crippen LogP contribution in [0.4, 0.5) is 5.69 Å². The molecule has 1 aliphatic rings. The number of amidine groups is 1. The number of nitrogens with zero attached hydrogens (tertiary/aromatic N) is 3. The van der Waals surface area contributed by atoms with Crippen molar-refractivity contribution >= 4 is 57.0 Å². The topological polar surface area (TPSA) is 92.9 Å². The second-order valence-electron chi connectivity index (χ2n) is 4.03. The Hall–Kier alpha value is -1.23. The van der Waals surface area contributed by atoms with Crippen molar-refractivity contribution in [3.05, 3.63) is 38.8 Å². The lowest BCUT2D eigenvalue weighted by Crippen LogP contribution is -2.17. The summed E-state index contributed by atoms with van der Waals surface area (Å²) >= 11 is 8.45. The minimum atomic E-state index is -4.70. The molecule has 0 bridgehead atoms. The molecule has 22 heavy (non-hydrogen) atoms. The largest absolute Gasteiger partial charge is 0.450 e. The third kappa shape index (κ3) is 3.24. The van der Waals surface area contributed by atoms with Crippen LogP contribution in [0.15, 0.2) is 38.4 Å². The summed E-state index contributed by atoms with van der Waals surface area (Å²) in [6.07, 6.45) is 1.85. The van der Waals surface area contributed by atoms with Gasteiger partial charge in [0.1, 0.15) is 5.84 Å². The van der Waals surface area contributed by atoms with Crippen molar-refractivity contribution in [2.24, 2.45) is 4.99 Å². The van der Waals surface area contributed by atoms with Crippen LogP contribution in [0.3, 0.4) is 0 Å². The van der Waals surface area contributed by atoms with E-state index in [1.54, 1.807) is 10.6 Å². The molecule has 0 saturated heterocycles. The van der Waals surface area contributed by atoms with E-state index in [9.17, 15) is 18.5 Å². The van der Waals surface area contributed by atoms with E-state index in [0.29, 0.717) is 16.4 Å². The molecule has 0 amide bonds. The number of aliphatic imine (C=N–C) groups is 1. The van der Waals surface area contributed by atoms with E-state index >= 15 is 0 Å². The molecule has 0 fully saturated rings. The second-order valence-corrected chi connectivity index (χ2v) is 8.19. The molecule has 0 unspecified atom stereocenters. The predicted octanol–water partition coefficient (Wildman–Crippen LogP) is 3.86. The maximum absolute atomic E-state index is 11.7. The average Bonchev–Trinajstić information content (AvgIpc) is 2.44. The summed E-state index contributed by atoms with van der Waals surface area (Å²) < 4.78 is 23.8. The summed E-state index contributed by atoms with van der Waals surface area (Å²) in [4.78, 5) is 15.0. The molecular weight excluding hydrogens is 370 g/mol. The van der Waals surface area contributed by atoms with Gasteiger partial charge in [0.25, 0.3) is 0 Å². The Morgan fingerprint density at radius 1 is 1.50 bits per heavy atom. The zero-order valence-electron chi connectivity index (χ0n) is 11.4. The van der Waals surface area contributed by atoms with Gasteiger partial charge in [0, 0.05) is 11.9 Å². The van der Waals surface area contributed by atoms with Gasteiger partial charge in [0.2, 0.25) is 0 Å². The smallest absolute Gasteiger partial charge is 0.247 e. The van der Waals surface area contributed by atoms with Crippen LogP contribution >= 0.6 is 35.5 Å². The summed E-state index contributed by atoms with van der Waals surface area (Å²) in [5, 5.41) is 12.3. The predicted molar refractivity (Wildman–Crippen MR) is 88.5 cm³/mol.